The van der Waals surface area contributed by atoms with E-state index in [-0.39, 0.29) is 0 Å². The molecule has 1 atom stereocenters. The first-order valence-corrected chi connectivity index (χ1v) is 4.56. The van der Waals surface area contributed by atoms with Crippen LogP contribution in [0.25, 0.3) is 0 Å². The predicted octanol–water partition coefficient (Wildman–Crippen LogP) is 1.04. The molecule has 1 aliphatic carbocycles. The topological polar surface area (TPSA) is 59.0 Å². The van der Waals surface area contributed by atoms with Gasteiger partial charge in [0.15, 0.2) is 0 Å². The summed E-state index contributed by atoms with van der Waals surface area (Å²) in [6, 6.07) is 1.49. The minimum atomic E-state index is -0.452. The third kappa shape index (κ3) is 3.21. The molecule has 2 N–H and O–H groups in total. The Hall–Kier alpha value is -0.590. The Kier molecular flexibility index (Phi) is 4.06. The standard InChI is InChI=1S/C9H16N2O/c10-5-9(11)7-12-6-8-3-1-2-4-8/h8-9H,1-4,6-7,11H2. The molecule has 0 bridgehead atoms. The van der Waals surface area contributed by atoms with Crippen LogP contribution in [0, 0.1) is 17.2 Å². The highest BCUT2D eigenvalue weighted by Gasteiger charge is 2.15. The molecular formula is C9H16N2O. The van der Waals surface area contributed by atoms with Crippen LogP contribution in [0.5, 0.6) is 0 Å². The molecule has 0 heterocycles. The fourth-order valence-electron chi connectivity index (χ4n) is 1.58. The van der Waals surface area contributed by atoms with Gasteiger partial charge in [0.2, 0.25) is 0 Å². The minimum absolute atomic E-state index is 0.382. The first-order chi connectivity index (χ1) is 5.83. The lowest BCUT2D eigenvalue weighted by Gasteiger charge is -2.09. The Bertz CT molecular complexity index is 158. The summed E-state index contributed by atoms with van der Waals surface area (Å²) in [4.78, 5) is 0. The van der Waals surface area contributed by atoms with Crippen LogP contribution in [0.15, 0.2) is 0 Å². The molecule has 0 aromatic heterocycles. The molecule has 1 aliphatic rings. The van der Waals surface area contributed by atoms with Gasteiger partial charge in [0.25, 0.3) is 0 Å². The van der Waals surface area contributed by atoms with Crippen molar-refractivity contribution in [3.63, 3.8) is 0 Å². The predicted molar refractivity (Wildman–Crippen MR) is 46.4 cm³/mol. The molecule has 68 valence electrons. The van der Waals surface area contributed by atoms with E-state index in [1.807, 2.05) is 6.07 Å². The molecule has 0 saturated heterocycles. The molecule has 0 radical (unpaired) electrons. The van der Waals surface area contributed by atoms with E-state index in [4.69, 9.17) is 15.7 Å². The fourth-order valence-corrected chi connectivity index (χ4v) is 1.58. The highest BCUT2D eigenvalue weighted by atomic mass is 16.5. The first kappa shape index (κ1) is 9.50. The zero-order chi connectivity index (χ0) is 8.81. The normalized spacial score (nSPS) is 20.7. The second-order valence-electron chi connectivity index (χ2n) is 3.42. The highest BCUT2D eigenvalue weighted by Crippen LogP contribution is 2.24. The minimum Gasteiger partial charge on any atom is -0.378 e. The van der Waals surface area contributed by atoms with Gasteiger partial charge < -0.3 is 10.5 Å². The Balaban J connectivity index is 1.98. The molecule has 1 unspecified atom stereocenters. The largest absolute Gasteiger partial charge is 0.378 e. The average Bonchev–Trinajstić information content (AvgIpc) is 2.57. The van der Waals surface area contributed by atoms with Crippen LogP contribution in [0.4, 0.5) is 0 Å². The van der Waals surface area contributed by atoms with E-state index in [0.717, 1.165) is 12.5 Å². The van der Waals surface area contributed by atoms with Crippen molar-refractivity contribution in [2.24, 2.45) is 11.7 Å². The zero-order valence-electron chi connectivity index (χ0n) is 7.33. The first-order valence-electron chi connectivity index (χ1n) is 4.56. The lowest BCUT2D eigenvalue weighted by Crippen LogP contribution is -2.25. The molecule has 0 spiro atoms. The van der Waals surface area contributed by atoms with Gasteiger partial charge in [-0.25, -0.2) is 0 Å². The van der Waals surface area contributed by atoms with E-state index < -0.39 is 6.04 Å². The van der Waals surface area contributed by atoms with Gasteiger partial charge in [-0.05, 0) is 18.8 Å². The Morgan fingerprint density at radius 1 is 1.50 bits per heavy atom. The van der Waals surface area contributed by atoms with Gasteiger partial charge in [-0.1, -0.05) is 12.8 Å². The Morgan fingerprint density at radius 2 is 2.17 bits per heavy atom. The van der Waals surface area contributed by atoms with Crippen LogP contribution >= 0.6 is 0 Å². The summed E-state index contributed by atoms with van der Waals surface area (Å²) in [7, 11) is 0. The molecular weight excluding hydrogens is 152 g/mol. The molecule has 1 rings (SSSR count). The molecule has 3 nitrogen and oxygen atoms in total. The highest BCUT2D eigenvalue weighted by molar-refractivity contribution is 4.85. The number of nitrogens with zero attached hydrogens (tertiary/aromatic N) is 1. The van der Waals surface area contributed by atoms with Gasteiger partial charge in [-0.2, -0.15) is 5.26 Å². The number of hydrogen-bond acceptors (Lipinski definition) is 3. The van der Waals surface area contributed by atoms with Gasteiger partial charge in [-0.3, -0.25) is 0 Å². The lowest BCUT2D eigenvalue weighted by molar-refractivity contribution is 0.0986. The van der Waals surface area contributed by atoms with Crippen LogP contribution < -0.4 is 5.73 Å². The van der Waals surface area contributed by atoms with Gasteiger partial charge in [-0.15, -0.1) is 0 Å². The smallest absolute Gasteiger partial charge is 0.116 e. The van der Waals surface area contributed by atoms with Crippen LogP contribution in [-0.4, -0.2) is 19.3 Å². The van der Waals surface area contributed by atoms with E-state index in [1.165, 1.54) is 25.7 Å². The SMILES string of the molecule is N#CC(N)COCC1CCCC1. The van der Waals surface area contributed by atoms with Crippen molar-refractivity contribution in [3.8, 4) is 6.07 Å². The monoisotopic (exact) mass is 168 g/mol. The summed E-state index contributed by atoms with van der Waals surface area (Å²) in [6.07, 6.45) is 5.22. The van der Waals surface area contributed by atoms with E-state index in [9.17, 15) is 0 Å². The van der Waals surface area contributed by atoms with Crippen molar-refractivity contribution in [1.82, 2.24) is 0 Å². The van der Waals surface area contributed by atoms with Gasteiger partial charge in [0, 0.05) is 6.61 Å². The maximum Gasteiger partial charge on any atom is 0.116 e. The van der Waals surface area contributed by atoms with Crippen molar-refractivity contribution in [2.45, 2.75) is 31.7 Å². The number of hydrogen-bond donors (Lipinski definition) is 1. The zero-order valence-corrected chi connectivity index (χ0v) is 7.33. The van der Waals surface area contributed by atoms with Crippen molar-refractivity contribution < 1.29 is 4.74 Å². The maximum absolute atomic E-state index is 8.37. The van der Waals surface area contributed by atoms with E-state index >= 15 is 0 Å². The molecule has 0 amide bonds. The summed E-state index contributed by atoms with van der Waals surface area (Å²) in [5, 5.41) is 8.37. The summed E-state index contributed by atoms with van der Waals surface area (Å²) in [6.45, 7) is 1.17. The lowest BCUT2D eigenvalue weighted by atomic mass is 10.1. The third-order valence-electron chi connectivity index (χ3n) is 2.29. The number of nitrogens with two attached hydrogens (primary N) is 1. The van der Waals surface area contributed by atoms with Crippen molar-refractivity contribution in [1.29, 1.82) is 5.26 Å². The second-order valence-corrected chi connectivity index (χ2v) is 3.42. The van der Waals surface area contributed by atoms with Crippen LogP contribution in [0.1, 0.15) is 25.7 Å². The average molecular weight is 168 g/mol. The molecule has 1 saturated carbocycles. The molecule has 1 fully saturated rings. The van der Waals surface area contributed by atoms with E-state index in [0.29, 0.717) is 6.61 Å². The third-order valence-corrected chi connectivity index (χ3v) is 2.29. The Morgan fingerprint density at radius 3 is 2.75 bits per heavy atom. The number of rotatable bonds is 4. The Labute approximate surface area is 73.5 Å². The van der Waals surface area contributed by atoms with Crippen LogP contribution in [-0.2, 0) is 4.74 Å². The summed E-state index contributed by atoms with van der Waals surface area (Å²) >= 11 is 0. The summed E-state index contributed by atoms with van der Waals surface area (Å²) in [5.74, 6) is 0.718. The quantitative estimate of drug-likeness (QED) is 0.682. The van der Waals surface area contributed by atoms with Crippen molar-refractivity contribution >= 4 is 0 Å². The fraction of sp³-hybridized carbons (Fsp3) is 0.889. The van der Waals surface area contributed by atoms with E-state index in [1.54, 1.807) is 0 Å². The summed E-state index contributed by atoms with van der Waals surface area (Å²) in [5.41, 5.74) is 5.37. The molecule has 0 aliphatic heterocycles. The van der Waals surface area contributed by atoms with Crippen molar-refractivity contribution in [2.75, 3.05) is 13.2 Å². The maximum atomic E-state index is 8.37. The van der Waals surface area contributed by atoms with Gasteiger partial charge in [0.05, 0.1) is 12.7 Å². The second kappa shape index (κ2) is 5.13. The number of ether oxygens (including phenoxy) is 1. The van der Waals surface area contributed by atoms with Crippen molar-refractivity contribution in [3.05, 3.63) is 0 Å². The molecule has 3 heteroatoms. The van der Waals surface area contributed by atoms with Crippen LogP contribution in [0.2, 0.25) is 0 Å². The molecule has 12 heavy (non-hydrogen) atoms. The van der Waals surface area contributed by atoms with Gasteiger partial charge in [0.1, 0.15) is 6.04 Å². The van der Waals surface area contributed by atoms with E-state index in [2.05, 4.69) is 0 Å². The molecule has 0 aromatic rings. The number of nitriles is 1. The van der Waals surface area contributed by atoms with Crippen LogP contribution in [0.3, 0.4) is 0 Å². The molecule has 0 aromatic carbocycles. The summed E-state index contributed by atoms with van der Waals surface area (Å²) < 4.78 is 5.32. The van der Waals surface area contributed by atoms with Gasteiger partial charge >= 0.3 is 0 Å².